The van der Waals surface area contributed by atoms with Crippen LogP contribution in [0.15, 0.2) is 16.7 Å². The standard InChI is InChI=1S/C10H13BrN2O4S/c1-7-5-8(11)6-12-10(7)13-18(15,16)4-3-9(14)17-2/h5-6H,3-4H2,1-2H3,(H,12,13). The van der Waals surface area contributed by atoms with Crippen LogP contribution in [-0.2, 0) is 19.6 Å². The van der Waals surface area contributed by atoms with Gasteiger partial charge in [-0.1, -0.05) is 0 Å². The van der Waals surface area contributed by atoms with Crippen molar-refractivity contribution in [3.8, 4) is 0 Å². The van der Waals surface area contributed by atoms with Crippen LogP contribution in [0.5, 0.6) is 0 Å². The number of halogens is 1. The van der Waals surface area contributed by atoms with Gasteiger partial charge in [-0.2, -0.15) is 0 Å². The molecule has 1 aromatic rings. The fourth-order valence-electron chi connectivity index (χ4n) is 1.17. The lowest BCUT2D eigenvalue weighted by molar-refractivity contribution is -0.140. The number of carbonyl (C=O) groups excluding carboxylic acids is 1. The number of pyridine rings is 1. The maximum atomic E-state index is 11.7. The van der Waals surface area contributed by atoms with Crippen molar-refractivity contribution in [3.63, 3.8) is 0 Å². The molecule has 0 unspecified atom stereocenters. The van der Waals surface area contributed by atoms with E-state index in [0.29, 0.717) is 5.56 Å². The Morgan fingerprint density at radius 2 is 2.22 bits per heavy atom. The predicted molar refractivity (Wildman–Crippen MR) is 70.7 cm³/mol. The Hall–Kier alpha value is -1.15. The zero-order chi connectivity index (χ0) is 13.8. The number of ether oxygens (including phenoxy) is 1. The van der Waals surface area contributed by atoms with Gasteiger partial charge in [-0.25, -0.2) is 13.4 Å². The van der Waals surface area contributed by atoms with Crippen molar-refractivity contribution >= 4 is 37.7 Å². The van der Waals surface area contributed by atoms with Gasteiger partial charge in [-0.3, -0.25) is 9.52 Å². The summed E-state index contributed by atoms with van der Waals surface area (Å²) in [5.74, 6) is -0.652. The number of esters is 1. The molecule has 1 N–H and O–H groups in total. The Balaban J connectivity index is 2.73. The normalized spacial score (nSPS) is 11.1. The molecule has 18 heavy (non-hydrogen) atoms. The molecule has 100 valence electrons. The molecule has 0 radical (unpaired) electrons. The molecule has 6 nitrogen and oxygen atoms in total. The first-order chi connectivity index (χ1) is 8.34. The quantitative estimate of drug-likeness (QED) is 0.822. The molecule has 0 saturated carbocycles. The third-order valence-corrected chi connectivity index (χ3v) is 3.78. The van der Waals surface area contributed by atoms with Crippen molar-refractivity contribution in [2.75, 3.05) is 17.6 Å². The largest absolute Gasteiger partial charge is 0.469 e. The van der Waals surface area contributed by atoms with Crippen LogP contribution in [0.2, 0.25) is 0 Å². The van der Waals surface area contributed by atoms with Crippen LogP contribution in [0, 0.1) is 6.92 Å². The molecule has 0 amide bonds. The summed E-state index contributed by atoms with van der Waals surface area (Å²) in [5, 5.41) is 0. The van der Waals surface area contributed by atoms with Crippen molar-refractivity contribution in [2.24, 2.45) is 0 Å². The monoisotopic (exact) mass is 336 g/mol. The molecule has 1 rings (SSSR count). The van der Waals surface area contributed by atoms with E-state index in [9.17, 15) is 13.2 Å². The van der Waals surface area contributed by atoms with Gasteiger partial charge in [0.15, 0.2) is 0 Å². The van der Waals surface area contributed by atoms with Gasteiger partial charge in [0.25, 0.3) is 0 Å². The van der Waals surface area contributed by atoms with E-state index in [1.807, 2.05) is 0 Å². The summed E-state index contributed by atoms with van der Waals surface area (Å²) in [6.07, 6.45) is 1.30. The number of nitrogens with one attached hydrogen (secondary N) is 1. The van der Waals surface area contributed by atoms with E-state index in [1.54, 1.807) is 13.0 Å². The minimum absolute atomic E-state index is 0.193. The number of carbonyl (C=O) groups is 1. The van der Waals surface area contributed by atoms with Crippen LogP contribution in [0.4, 0.5) is 5.82 Å². The van der Waals surface area contributed by atoms with Crippen LogP contribution < -0.4 is 4.72 Å². The van der Waals surface area contributed by atoms with E-state index in [4.69, 9.17) is 0 Å². The number of anilines is 1. The van der Waals surface area contributed by atoms with Crippen molar-refractivity contribution in [1.82, 2.24) is 4.98 Å². The summed E-state index contributed by atoms with van der Waals surface area (Å²) in [6.45, 7) is 1.73. The van der Waals surface area contributed by atoms with E-state index in [2.05, 4.69) is 30.4 Å². The van der Waals surface area contributed by atoms with Crippen molar-refractivity contribution < 1.29 is 17.9 Å². The highest BCUT2D eigenvalue weighted by Gasteiger charge is 2.15. The lowest BCUT2D eigenvalue weighted by Crippen LogP contribution is -2.20. The third kappa shape index (κ3) is 4.61. The summed E-state index contributed by atoms with van der Waals surface area (Å²) < 4.78 is 30.8. The van der Waals surface area contributed by atoms with Crippen LogP contribution in [0.1, 0.15) is 12.0 Å². The fourth-order valence-corrected chi connectivity index (χ4v) is 2.66. The summed E-state index contributed by atoms with van der Waals surface area (Å²) in [5.41, 5.74) is 0.686. The maximum absolute atomic E-state index is 11.7. The third-order valence-electron chi connectivity index (χ3n) is 2.10. The predicted octanol–water partition coefficient (Wildman–Crippen LogP) is 1.46. The lowest BCUT2D eigenvalue weighted by atomic mass is 10.3. The number of aromatic nitrogens is 1. The molecule has 0 fully saturated rings. The second-order valence-corrected chi connectivity index (χ2v) is 6.32. The van der Waals surface area contributed by atoms with E-state index in [0.717, 1.165) is 4.47 Å². The minimum Gasteiger partial charge on any atom is -0.469 e. The smallest absolute Gasteiger partial charge is 0.306 e. The number of sulfonamides is 1. The first kappa shape index (κ1) is 14.9. The van der Waals surface area contributed by atoms with Gasteiger partial charge in [-0.05, 0) is 34.5 Å². The van der Waals surface area contributed by atoms with Gasteiger partial charge in [-0.15, -0.1) is 0 Å². The molecule has 0 bridgehead atoms. The van der Waals surface area contributed by atoms with E-state index in [-0.39, 0.29) is 18.0 Å². The number of nitrogens with zero attached hydrogens (tertiary/aromatic N) is 1. The maximum Gasteiger partial charge on any atom is 0.306 e. The Kier molecular flexibility index (Phi) is 5.09. The Morgan fingerprint density at radius 3 is 2.78 bits per heavy atom. The second-order valence-electron chi connectivity index (χ2n) is 3.57. The molecule has 0 aliphatic rings. The first-order valence-electron chi connectivity index (χ1n) is 5.03. The molecule has 1 heterocycles. The molecule has 0 aliphatic carbocycles. The molecular formula is C10H13BrN2O4S. The first-order valence-corrected chi connectivity index (χ1v) is 7.48. The summed E-state index contributed by atoms with van der Waals surface area (Å²) in [7, 11) is -2.39. The average molecular weight is 337 g/mol. The number of rotatable bonds is 5. The summed E-state index contributed by atoms with van der Waals surface area (Å²) in [4.78, 5) is 14.8. The van der Waals surface area contributed by atoms with Crippen molar-refractivity contribution in [2.45, 2.75) is 13.3 Å². The molecular weight excluding hydrogens is 324 g/mol. The minimum atomic E-state index is -3.60. The number of aryl methyl sites for hydroxylation is 1. The van der Waals surface area contributed by atoms with Gasteiger partial charge >= 0.3 is 5.97 Å². The van der Waals surface area contributed by atoms with Gasteiger partial charge in [0.05, 0.1) is 19.3 Å². The van der Waals surface area contributed by atoms with Gasteiger partial charge in [0, 0.05) is 10.7 Å². The number of hydrogen-bond acceptors (Lipinski definition) is 5. The van der Waals surface area contributed by atoms with Crippen LogP contribution in [-0.4, -0.2) is 32.2 Å². The average Bonchev–Trinajstić information content (AvgIpc) is 2.30. The van der Waals surface area contributed by atoms with Crippen LogP contribution >= 0.6 is 15.9 Å². The number of methoxy groups -OCH3 is 1. The van der Waals surface area contributed by atoms with Gasteiger partial charge in [0.1, 0.15) is 5.82 Å². The zero-order valence-corrected chi connectivity index (χ0v) is 12.3. The highest BCUT2D eigenvalue weighted by molar-refractivity contribution is 9.10. The van der Waals surface area contributed by atoms with Crippen molar-refractivity contribution in [1.29, 1.82) is 0 Å². The molecule has 1 aromatic heterocycles. The topological polar surface area (TPSA) is 85.4 Å². The number of hydrogen-bond donors (Lipinski definition) is 1. The molecule has 0 saturated heterocycles. The lowest BCUT2D eigenvalue weighted by Gasteiger charge is -2.09. The van der Waals surface area contributed by atoms with E-state index >= 15 is 0 Å². The molecule has 0 spiro atoms. The Labute approximate surface area is 114 Å². The molecule has 0 atom stereocenters. The Morgan fingerprint density at radius 1 is 1.56 bits per heavy atom. The van der Waals surface area contributed by atoms with Crippen LogP contribution in [0.3, 0.4) is 0 Å². The van der Waals surface area contributed by atoms with Gasteiger partial charge in [0.2, 0.25) is 10.0 Å². The Bertz CT molecular complexity index is 545. The molecule has 0 aliphatic heterocycles. The summed E-state index contributed by atoms with van der Waals surface area (Å²) >= 11 is 3.23. The molecule has 8 heteroatoms. The zero-order valence-electron chi connectivity index (χ0n) is 9.94. The summed E-state index contributed by atoms with van der Waals surface area (Å²) in [6, 6.07) is 1.74. The van der Waals surface area contributed by atoms with Crippen molar-refractivity contribution in [3.05, 3.63) is 22.3 Å². The van der Waals surface area contributed by atoms with Crippen LogP contribution in [0.25, 0.3) is 0 Å². The molecule has 0 aromatic carbocycles. The van der Waals surface area contributed by atoms with E-state index < -0.39 is 16.0 Å². The highest BCUT2D eigenvalue weighted by atomic mass is 79.9. The second kappa shape index (κ2) is 6.14. The van der Waals surface area contributed by atoms with E-state index in [1.165, 1.54) is 13.3 Å². The SMILES string of the molecule is COC(=O)CCS(=O)(=O)Nc1ncc(Br)cc1C. The fraction of sp³-hybridized carbons (Fsp3) is 0.400. The highest BCUT2D eigenvalue weighted by Crippen LogP contribution is 2.17. The van der Waals surface area contributed by atoms with Gasteiger partial charge < -0.3 is 4.74 Å².